The lowest BCUT2D eigenvalue weighted by Crippen LogP contribution is -2.75. The lowest BCUT2D eigenvalue weighted by atomic mass is 9.28. The summed E-state index contributed by atoms with van der Waals surface area (Å²) < 4.78 is 43.4. The standard InChI is InChI=1S/C16H19F3O2/c1-9(16(17,18)19)12(20)21-13(2)11-3-10-4-14(6-11)7-15(13,5-10)8-14/h10-11H,1,3-8H2,2H3. The highest BCUT2D eigenvalue weighted by atomic mass is 19.4. The van der Waals surface area contributed by atoms with Crippen LogP contribution in [-0.2, 0) is 9.53 Å². The Morgan fingerprint density at radius 2 is 1.90 bits per heavy atom. The summed E-state index contributed by atoms with van der Waals surface area (Å²) in [6.45, 7) is 4.74. The van der Waals surface area contributed by atoms with Crippen LogP contribution in [-0.4, -0.2) is 17.7 Å². The molecule has 7 aliphatic carbocycles. The monoisotopic (exact) mass is 300 g/mol. The molecule has 0 N–H and O–H groups in total. The van der Waals surface area contributed by atoms with Crippen LogP contribution in [0.2, 0.25) is 0 Å². The Morgan fingerprint density at radius 3 is 2.43 bits per heavy atom. The second-order valence-electron chi connectivity index (χ2n) is 8.02. The molecule has 0 heterocycles. The highest BCUT2D eigenvalue weighted by Gasteiger charge is 2.77. The molecule has 7 rings (SSSR count). The van der Waals surface area contributed by atoms with Crippen LogP contribution in [0.15, 0.2) is 12.2 Å². The van der Waals surface area contributed by atoms with Crippen LogP contribution < -0.4 is 0 Å². The highest BCUT2D eigenvalue weighted by Crippen LogP contribution is 2.81. The maximum atomic E-state index is 12.6. The summed E-state index contributed by atoms with van der Waals surface area (Å²) in [5, 5.41) is 0. The number of hydrogen-bond acceptors (Lipinski definition) is 2. The van der Waals surface area contributed by atoms with Gasteiger partial charge in [0.1, 0.15) is 11.2 Å². The molecular weight excluding hydrogens is 281 g/mol. The van der Waals surface area contributed by atoms with Gasteiger partial charge in [0.25, 0.3) is 0 Å². The molecule has 2 spiro atoms. The van der Waals surface area contributed by atoms with Crippen molar-refractivity contribution < 1.29 is 22.7 Å². The van der Waals surface area contributed by atoms with Crippen molar-refractivity contribution in [2.75, 3.05) is 0 Å². The molecule has 0 saturated heterocycles. The number of ether oxygens (including phenoxy) is 1. The van der Waals surface area contributed by atoms with Gasteiger partial charge >= 0.3 is 12.1 Å². The fourth-order valence-electron chi connectivity index (χ4n) is 6.28. The summed E-state index contributed by atoms with van der Waals surface area (Å²) in [4.78, 5) is 11.9. The van der Waals surface area contributed by atoms with Gasteiger partial charge < -0.3 is 4.74 Å². The van der Waals surface area contributed by atoms with E-state index in [0.29, 0.717) is 11.3 Å². The Kier molecular flexibility index (Phi) is 2.27. The first kappa shape index (κ1) is 13.6. The molecule has 116 valence electrons. The van der Waals surface area contributed by atoms with Crippen molar-refractivity contribution >= 4 is 5.97 Å². The molecule has 0 aromatic carbocycles. The summed E-state index contributed by atoms with van der Waals surface area (Å²) in [6, 6.07) is 0. The number of alkyl halides is 3. The summed E-state index contributed by atoms with van der Waals surface area (Å²) in [5.41, 5.74) is -1.78. The van der Waals surface area contributed by atoms with Gasteiger partial charge in [-0.3, -0.25) is 0 Å². The fourth-order valence-corrected chi connectivity index (χ4v) is 6.28. The molecule has 2 nitrogen and oxygen atoms in total. The third-order valence-electron chi connectivity index (χ3n) is 6.85. The molecular formula is C16H19F3O2. The SMILES string of the molecule is C=C(C(=O)OC1(C)C2CC3CC4(C2)CC1(C3)C4)C(F)(F)F. The quantitative estimate of drug-likeness (QED) is 0.569. The van der Waals surface area contributed by atoms with Crippen molar-refractivity contribution in [2.45, 2.75) is 57.2 Å². The number of carbonyl (C=O) groups is 1. The maximum Gasteiger partial charge on any atom is 0.422 e. The van der Waals surface area contributed by atoms with E-state index in [1.807, 2.05) is 6.92 Å². The van der Waals surface area contributed by atoms with Gasteiger partial charge in [-0.1, -0.05) is 6.58 Å². The number of halogens is 3. The second kappa shape index (κ2) is 3.49. The molecule has 4 bridgehead atoms. The van der Waals surface area contributed by atoms with E-state index >= 15 is 0 Å². The Balaban J connectivity index is 1.61. The van der Waals surface area contributed by atoms with E-state index in [0.717, 1.165) is 32.1 Å². The minimum Gasteiger partial charge on any atom is -0.455 e. The largest absolute Gasteiger partial charge is 0.455 e. The van der Waals surface area contributed by atoms with Gasteiger partial charge in [-0.2, -0.15) is 13.2 Å². The van der Waals surface area contributed by atoms with E-state index in [9.17, 15) is 18.0 Å². The normalized spacial score (nSPS) is 49.7. The van der Waals surface area contributed by atoms with Crippen molar-refractivity contribution in [1.82, 2.24) is 0 Å². The molecule has 3 atom stereocenters. The summed E-state index contributed by atoms with van der Waals surface area (Å²) >= 11 is 0. The van der Waals surface area contributed by atoms with E-state index in [1.165, 1.54) is 6.42 Å². The molecule has 7 fully saturated rings. The molecule has 3 unspecified atom stereocenters. The van der Waals surface area contributed by atoms with Crippen LogP contribution in [0, 0.1) is 22.7 Å². The Bertz CT molecular complexity index is 533. The molecule has 0 amide bonds. The van der Waals surface area contributed by atoms with Gasteiger partial charge in [0.2, 0.25) is 0 Å². The second-order valence-corrected chi connectivity index (χ2v) is 8.02. The molecule has 21 heavy (non-hydrogen) atoms. The van der Waals surface area contributed by atoms with Crippen molar-refractivity contribution in [2.24, 2.45) is 22.7 Å². The summed E-state index contributed by atoms with van der Waals surface area (Å²) in [5.74, 6) is -0.380. The third-order valence-corrected chi connectivity index (χ3v) is 6.85. The predicted octanol–water partition coefficient (Wildman–Crippen LogP) is 4.01. The molecule has 7 aliphatic rings. The van der Waals surface area contributed by atoms with Gasteiger partial charge in [0, 0.05) is 5.41 Å². The summed E-state index contributed by atoms with van der Waals surface area (Å²) in [7, 11) is 0. The molecule has 0 aromatic rings. The van der Waals surface area contributed by atoms with Crippen molar-refractivity contribution in [3.8, 4) is 0 Å². The van der Waals surface area contributed by atoms with Gasteiger partial charge in [0.05, 0.1) is 0 Å². The highest BCUT2D eigenvalue weighted by molar-refractivity contribution is 5.89. The molecule has 0 radical (unpaired) electrons. The molecule has 7 saturated carbocycles. The zero-order chi connectivity index (χ0) is 15.3. The lowest BCUT2D eigenvalue weighted by molar-refractivity contribution is -0.328. The van der Waals surface area contributed by atoms with Crippen LogP contribution >= 0.6 is 0 Å². The number of esters is 1. The third kappa shape index (κ3) is 1.53. The van der Waals surface area contributed by atoms with Gasteiger partial charge in [0.15, 0.2) is 0 Å². The van der Waals surface area contributed by atoms with Crippen LogP contribution in [0.4, 0.5) is 13.2 Å². The minimum absolute atomic E-state index is 0.0708. The molecule has 5 heteroatoms. The van der Waals surface area contributed by atoms with E-state index in [2.05, 4.69) is 6.58 Å². The maximum absolute atomic E-state index is 12.6. The van der Waals surface area contributed by atoms with Gasteiger partial charge in [-0.15, -0.1) is 0 Å². The first-order valence-corrected chi connectivity index (χ1v) is 7.59. The van der Waals surface area contributed by atoms with E-state index in [4.69, 9.17) is 4.74 Å². The zero-order valence-corrected chi connectivity index (χ0v) is 12.1. The smallest absolute Gasteiger partial charge is 0.422 e. The topological polar surface area (TPSA) is 26.3 Å². The van der Waals surface area contributed by atoms with Gasteiger partial charge in [-0.05, 0) is 62.7 Å². The number of hydrogen-bond donors (Lipinski definition) is 0. The first-order chi connectivity index (χ1) is 9.59. The Labute approximate surface area is 121 Å². The van der Waals surface area contributed by atoms with Crippen molar-refractivity contribution in [3.05, 3.63) is 12.2 Å². The Hall–Kier alpha value is -1.00. The molecule has 0 aliphatic heterocycles. The van der Waals surface area contributed by atoms with Gasteiger partial charge in [-0.25, -0.2) is 4.79 Å². The van der Waals surface area contributed by atoms with Crippen LogP contribution in [0.3, 0.4) is 0 Å². The van der Waals surface area contributed by atoms with Crippen molar-refractivity contribution in [1.29, 1.82) is 0 Å². The Morgan fingerprint density at radius 1 is 1.24 bits per heavy atom. The number of carbonyl (C=O) groups excluding carboxylic acids is 1. The average molecular weight is 300 g/mol. The predicted molar refractivity (Wildman–Crippen MR) is 69.2 cm³/mol. The van der Waals surface area contributed by atoms with Crippen LogP contribution in [0.1, 0.15) is 45.4 Å². The van der Waals surface area contributed by atoms with E-state index in [1.54, 1.807) is 0 Å². The van der Waals surface area contributed by atoms with E-state index in [-0.39, 0.29) is 11.3 Å². The average Bonchev–Trinajstić information content (AvgIpc) is 2.31. The molecule has 0 aromatic heterocycles. The lowest BCUT2D eigenvalue weighted by Gasteiger charge is -2.78. The number of rotatable bonds is 2. The van der Waals surface area contributed by atoms with Crippen molar-refractivity contribution in [3.63, 3.8) is 0 Å². The van der Waals surface area contributed by atoms with Crippen LogP contribution in [0.5, 0.6) is 0 Å². The van der Waals surface area contributed by atoms with E-state index < -0.39 is 23.3 Å². The van der Waals surface area contributed by atoms with Crippen LogP contribution in [0.25, 0.3) is 0 Å². The first-order valence-electron chi connectivity index (χ1n) is 7.59. The fraction of sp³-hybridized carbons (Fsp3) is 0.812. The summed E-state index contributed by atoms with van der Waals surface area (Å²) in [6.07, 6.45) is 1.61. The zero-order valence-electron chi connectivity index (χ0n) is 12.1. The minimum atomic E-state index is -4.71.